The van der Waals surface area contributed by atoms with Crippen LogP contribution in [-0.4, -0.2) is 36.5 Å². The van der Waals surface area contributed by atoms with E-state index in [1.165, 1.54) is 4.90 Å². The number of benzene rings is 1. The second-order valence-electron chi connectivity index (χ2n) is 4.87. The number of imide groups is 1. The zero-order valence-corrected chi connectivity index (χ0v) is 12.9. The molecule has 4 nitrogen and oxygen atoms in total. The number of rotatable bonds is 6. The minimum absolute atomic E-state index is 0.000243. The smallest absolute Gasteiger partial charge is 0.273 e. The molecule has 0 bridgehead atoms. The van der Waals surface area contributed by atoms with Crippen LogP contribution in [-0.2, 0) is 14.3 Å². The summed E-state index contributed by atoms with van der Waals surface area (Å²) in [7, 11) is 0. The Bertz CT molecular complexity index is 578. The van der Waals surface area contributed by atoms with Crippen LogP contribution >= 0.6 is 11.6 Å². The Kier molecular flexibility index (Phi) is 5.15. The third-order valence-corrected chi connectivity index (χ3v) is 3.68. The maximum Gasteiger partial charge on any atom is 0.273 e. The van der Waals surface area contributed by atoms with Gasteiger partial charge in [0.15, 0.2) is 0 Å². The normalized spacial score (nSPS) is 15.3. The predicted octanol–water partition coefficient (Wildman–Crippen LogP) is 2.74. The maximum atomic E-state index is 12.4. The molecule has 0 atom stereocenters. The Hall–Kier alpha value is -1.65. The molecule has 0 spiro atoms. The third-order valence-electron chi connectivity index (χ3n) is 3.33. The van der Waals surface area contributed by atoms with Crippen LogP contribution in [0.3, 0.4) is 0 Å². The number of amides is 2. The quantitative estimate of drug-likeness (QED) is 0.600. The minimum Gasteiger partial charge on any atom is -0.382 e. The topological polar surface area (TPSA) is 46.6 Å². The Morgan fingerprint density at radius 3 is 2.43 bits per heavy atom. The molecule has 0 radical (unpaired) electrons. The zero-order valence-electron chi connectivity index (χ0n) is 12.2. The van der Waals surface area contributed by atoms with Gasteiger partial charge >= 0.3 is 0 Å². The molecule has 0 aromatic heterocycles. The van der Waals surface area contributed by atoms with Crippen LogP contribution in [0.15, 0.2) is 29.3 Å². The highest BCUT2D eigenvalue weighted by Crippen LogP contribution is 2.31. The van der Waals surface area contributed by atoms with Crippen molar-refractivity contribution < 1.29 is 14.3 Å². The molecule has 0 unspecified atom stereocenters. The molecule has 0 saturated carbocycles. The minimum atomic E-state index is -0.422. The van der Waals surface area contributed by atoms with Crippen molar-refractivity contribution in [2.75, 3.05) is 19.8 Å². The van der Waals surface area contributed by atoms with Crippen molar-refractivity contribution in [3.63, 3.8) is 0 Å². The van der Waals surface area contributed by atoms with Crippen LogP contribution in [0.4, 0.5) is 0 Å². The molecule has 21 heavy (non-hydrogen) atoms. The summed E-state index contributed by atoms with van der Waals surface area (Å²) in [6, 6.07) is 7.40. The van der Waals surface area contributed by atoms with Gasteiger partial charge in [-0.05, 0) is 25.8 Å². The molecule has 1 aromatic rings. The third kappa shape index (κ3) is 3.34. The zero-order chi connectivity index (χ0) is 15.4. The van der Waals surface area contributed by atoms with Crippen molar-refractivity contribution in [1.29, 1.82) is 0 Å². The summed E-state index contributed by atoms with van der Waals surface area (Å²) in [6.07, 6.45) is 0.608. The van der Waals surface area contributed by atoms with Crippen LogP contribution in [0.5, 0.6) is 0 Å². The molecule has 2 rings (SSSR count). The first-order valence-corrected chi connectivity index (χ1v) is 7.34. The highest BCUT2D eigenvalue weighted by atomic mass is 35.5. The maximum absolute atomic E-state index is 12.4. The summed E-state index contributed by atoms with van der Waals surface area (Å²) in [4.78, 5) is 25.7. The summed E-state index contributed by atoms with van der Waals surface area (Å²) in [6.45, 7) is 5.32. The molecule has 2 amide bonds. The van der Waals surface area contributed by atoms with Gasteiger partial charge in [0.2, 0.25) is 0 Å². The molecule has 1 heterocycles. The second-order valence-corrected chi connectivity index (χ2v) is 5.25. The first-order chi connectivity index (χ1) is 10.1. The number of carbonyl (C=O) groups is 2. The van der Waals surface area contributed by atoms with Gasteiger partial charge in [-0.25, -0.2) is 0 Å². The fourth-order valence-corrected chi connectivity index (χ4v) is 2.48. The Balaban J connectivity index is 2.14. The average molecular weight is 308 g/mol. The van der Waals surface area contributed by atoms with Crippen LogP contribution in [0.25, 0.3) is 5.57 Å². The van der Waals surface area contributed by atoms with Crippen LogP contribution in [0, 0.1) is 6.92 Å². The molecular weight excluding hydrogens is 290 g/mol. The van der Waals surface area contributed by atoms with E-state index in [4.69, 9.17) is 16.3 Å². The number of nitrogens with zero attached hydrogens (tertiary/aromatic N) is 1. The monoisotopic (exact) mass is 307 g/mol. The molecule has 0 saturated heterocycles. The number of ether oxygens (including phenoxy) is 1. The van der Waals surface area contributed by atoms with Gasteiger partial charge in [0.05, 0.1) is 5.57 Å². The lowest BCUT2D eigenvalue weighted by Gasteiger charge is -2.14. The van der Waals surface area contributed by atoms with Gasteiger partial charge in [0, 0.05) is 19.8 Å². The predicted molar refractivity (Wildman–Crippen MR) is 81.8 cm³/mol. The van der Waals surface area contributed by atoms with E-state index in [0.29, 0.717) is 31.7 Å². The van der Waals surface area contributed by atoms with Gasteiger partial charge in [0.25, 0.3) is 11.8 Å². The fraction of sp³-hybridized carbons (Fsp3) is 0.375. The summed E-state index contributed by atoms with van der Waals surface area (Å²) in [5, 5.41) is 0.000243. The Morgan fingerprint density at radius 1 is 1.14 bits per heavy atom. The van der Waals surface area contributed by atoms with Gasteiger partial charge in [-0.3, -0.25) is 14.5 Å². The fourth-order valence-electron chi connectivity index (χ4n) is 2.19. The molecule has 0 fully saturated rings. The number of carbonyl (C=O) groups excluding carboxylic acids is 2. The van der Waals surface area contributed by atoms with E-state index >= 15 is 0 Å². The Morgan fingerprint density at radius 2 is 1.81 bits per heavy atom. The van der Waals surface area contributed by atoms with Crippen molar-refractivity contribution in [2.45, 2.75) is 20.3 Å². The van der Waals surface area contributed by atoms with Gasteiger partial charge in [-0.15, -0.1) is 0 Å². The molecule has 5 heteroatoms. The lowest BCUT2D eigenvalue weighted by molar-refractivity contribution is -0.136. The molecule has 112 valence electrons. The average Bonchev–Trinajstić information content (AvgIpc) is 2.68. The number of halogens is 1. The van der Waals surface area contributed by atoms with E-state index in [-0.39, 0.29) is 16.5 Å². The van der Waals surface area contributed by atoms with Crippen molar-refractivity contribution in [3.8, 4) is 0 Å². The number of aryl methyl sites for hydroxylation is 1. The standard InChI is InChI=1S/C16H18ClNO3/c1-3-21-10-4-9-18-15(19)13(14(17)16(18)20)12-7-5-11(2)6-8-12/h5-8H,3-4,9-10H2,1-2H3. The molecular formula is C16H18ClNO3. The van der Waals surface area contributed by atoms with E-state index in [0.717, 1.165) is 5.56 Å². The summed E-state index contributed by atoms with van der Waals surface area (Å²) < 4.78 is 5.22. The van der Waals surface area contributed by atoms with Gasteiger partial charge in [-0.1, -0.05) is 41.4 Å². The first kappa shape index (κ1) is 15.7. The number of hydrogen-bond acceptors (Lipinski definition) is 3. The SMILES string of the molecule is CCOCCCN1C(=O)C(Cl)=C(c2ccc(C)cc2)C1=O. The molecule has 1 aliphatic heterocycles. The summed E-state index contributed by atoms with van der Waals surface area (Å²) >= 11 is 6.07. The molecule has 0 aliphatic carbocycles. The van der Waals surface area contributed by atoms with Crippen LogP contribution in [0.2, 0.25) is 0 Å². The first-order valence-electron chi connectivity index (χ1n) is 6.97. The van der Waals surface area contributed by atoms with Crippen LogP contribution < -0.4 is 0 Å². The summed E-state index contributed by atoms with van der Waals surface area (Å²) in [5.74, 6) is -0.751. The van der Waals surface area contributed by atoms with Crippen molar-refractivity contribution >= 4 is 29.0 Å². The molecule has 0 N–H and O–H groups in total. The lowest BCUT2D eigenvalue weighted by Crippen LogP contribution is -2.32. The van der Waals surface area contributed by atoms with Gasteiger partial charge < -0.3 is 4.74 Å². The van der Waals surface area contributed by atoms with E-state index in [1.54, 1.807) is 0 Å². The number of hydrogen-bond donors (Lipinski definition) is 0. The highest BCUT2D eigenvalue weighted by molar-refractivity contribution is 6.55. The highest BCUT2D eigenvalue weighted by Gasteiger charge is 2.37. The largest absolute Gasteiger partial charge is 0.382 e. The Labute approximate surface area is 129 Å². The van der Waals surface area contributed by atoms with Crippen molar-refractivity contribution in [2.24, 2.45) is 0 Å². The van der Waals surface area contributed by atoms with E-state index in [9.17, 15) is 9.59 Å². The lowest BCUT2D eigenvalue weighted by atomic mass is 10.0. The van der Waals surface area contributed by atoms with Gasteiger partial charge in [-0.2, -0.15) is 0 Å². The van der Waals surface area contributed by atoms with Crippen molar-refractivity contribution in [3.05, 3.63) is 40.4 Å². The summed E-state index contributed by atoms with van der Waals surface area (Å²) in [5.41, 5.74) is 2.05. The second kappa shape index (κ2) is 6.87. The van der Waals surface area contributed by atoms with E-state index in [1.807, 2.05) is 38.1 Å². The van der Waals surface area contributed by atoms with Crippen LogP contribution in [0.1, 0.15) is 24.5 Å². The van der Waals surface area contributed by atoms with E-state index < -0.39 is 5.91 Å². The van der Waals surface area contributed by atoms with E-state index in [2.05, 4.69) is 0 Å². The van der Waals surface area contributed by atoms with Crippen molar-refractivity contribution in [1.82, 2.24) is 4.90 Å². The molecule has 1 aromatic carbocycles. The molecule has 1 aliphatic rings. The van der Waals surface area contributed by atoms with Gasteiger partial charge in [0.1, 0.15) is 5.03 Å².